The van der Waals surface area contributed by atoms with Crippen molar-refractivity contribution in [3.05, 3.63) is 66.5 Å². The second kappa shape index (κ2) is 7.17. The average Bonchev–Trinajstić information content (AvgIpc) is 2.62. The monoisotopic (exact) mass is 372 g/mol. The van der Waals surface area contributed by atoms with Crippen LogP contribution in [0.3, 0.4) is 0 Å². The van der Waals surface area contributed by atoms with E-state index in [1.165, 1.54) is 30.6 Å². The minimum atomic E-state index is -3.34. The van der Waals surface area contributed by atoms with Gasteiger partial charge >= 0.3 is 0 Å². The van der Waals surface area contributed by atoms with E-state index < -0.39 is 9.84 Å². The first-order chi connectivity index (χ1) is 12.3. The Morgan fingerprint density at radius 1 is 1.04 bits per heavy atom. The van der Waals surface area contributed by atoms with E-state index in [1.807, 2.05) is 6.92 Å². The Kier molecular flexibility index (Phi) is 4.94. The summed E-state index contributed by atoms with van der Waals surface area (Å²) in [4.78, 5) is 12.7. The van der Waals surface area contributed by atoms with Gasteiger partial charge in [0.05, 0.1) is 23.0 Å². The first-order valence-electron chi connectivity index (χ1n) is 7.82. The fraction of sp³-hybridized carbons (Fsp3) is 0.167. The van der Waals surface area contributed by atoms with Crippen molar-refractivity contribution >= 4 is 15.7 Å². The summed E-state index contributed by atoms with van der Waals surface area (Å²) in [6.07, 6.45) is 7.06. The van der Waals surface area contributed by atoms with Gasteiger partial charge in [0.1, 0.15) is 11.6 Å². The summed E-state index contributed by atoms with van der Waals surface area (Å²) in [6, 6.07) is 7.66. The zero-order valence-electron chi connectivity index (χ0n) is 14.2. The largest absolute Gasteiger partial charge is 0.362 e. The molecule has 0 aliphatic rings. The summed E-state index contributed by atoms with van der Waals surface area (Å²) >= 11 is 0. The fourth-order valence-corrected chi connectivity index (χ4v) is 2.96. The van der Waals surface area contributed by atoms with E-state index in [1.54, 1.807) is 24.5 Å². The number of nitrogens with zero attached hydrogens (tertiary/aromatic N) is 3. The summed E-state index contributed by atoms with van der Waals surface area (Å²) in [6.45, 7) is 1.93. The van der Waals surface area contributed by atoms with Gasteiger partial charge in [-0.3, -0.25) is 9.97 Å². The maximum absolute atomic E-state index is 13.0. The second-order valence-electron chi connectivity index (χ2n) is 5.89. The molecule has 1 atom stereocenters. The predicted octanol–water partition coefficient (Wildman–Crippen LogP) is 3.25. The van der Waals surface area contributed by atoms with E-state index in [2.05, 4.69) is 20.3 Å². The van der Waals surface area contributed by atoms with Crippen molar-refractivity contribution in [1.29, 1.82) is 0 Å². The lowest BCUT2D eigenvalue weighted by Crippen LogP contribution is -2.08. The molecule has 0 aliphatic carbocycles. The highest BCUT2D eigenvalue weighted by Crippen LogP contribution is 2.21. The first kappa shape index (κ1) is 17.9. The Bertz CT molecular complexity index is 1010. The maximum Gasteiger partial charge on any atom is 0.177 e. The molecular weight excluding hydrogens is 355 g/mol. The maximum atomic E-state index is 13.0. The topological polar surface area (TPSA) is 84.8 Å². The van der Waals surface area contributed by atoms with Crippen LogP contribution in [0.4, 0.5) is 10.2 Å². The summed E-state index contributed by atoms with van der Waals surface area (Å²) in [5.41, 5.74) is 2.00. The van der Waals surface area contributed by atoms with Crippen LogP contribution in [-0.2, 0) is 9.84 Å². The molecule has 1 aromatic carbocycles. The molecule has 0 fully saturated rings. The average molecular weight is 372 g/mol. The van der Waals surface area contributed by atoms with Crippen molar-refractivity contribution in [1.82, 2.24) is 15.0 Å². The van der Waals surface area contributed by atoms with Crippen LogP contribution in [0.15, 0.2) is 60.0 Å². The highest BCUT2D eigenvalue weighted by atomic mass is 32.2. The molecule has 3 rings (SSSR count). The predicted molar refractivity (Wildman–Crippen MR) is 96.8 cm³/mol. The minimum Gasteiger partial charge on any atom is -0.362 e. The third-order valence-corrected chi connectivity index (χ3v) is 4.90. The van der Waals surface area contributed by atoms with Crippen molar-refractivity contribution in [3.8, 4) is 11.3 Å². The Hall–Kier alpha value is -2.87. The minimum absolute atomic E-state index is 0.0778. The highest BCUT2D eigenvalue weighted by Gasteiger charge is 2.11. The van der Waals surface area contributed by atoms with Crippen LogP contribution in [0, 0.1) is 5.82 Å². The Morgan fingerprint density at radius 3 is 2.38 bits per heavy atom. The molecule has 6 nitrogen and oxygen atoms in total. The third-order valence-electron chi connectivity index (χ3n) is 3.82. The van der Waals surface area contributed by atoms with Gasteiger partial charge in [-0.15, -0.1) is 0 Å². The Morgan fingerprint density at radius 2 is 1.77 bits per heavy atom. The van der Waals surface area contributed by atoms with E-state index in [9.17, 15) is 12.8 Å². The van der Waals surface area contributed by atoms with Gasteiger partial charge in [0, 0.05) is 30.3 Å². The molecule has 0 saturated heterocycles. The molecule has 3 aromatic rings. The number of anilines is 1. The molecule has 0 unspecified atom stereocenters. The molecule has 0 radical (unpaired) electrons. The number of pyridine rings is 1. The number of benzene rings is 1. The summed E-state index contributed by atoms with van der Waals surface area (Å²) in [7, 11) is -3.34. The smallest absolute Gasteiger partial charge is 0.177 e. The fourth-order valence-electron chi connectivity index (χ4n) is 2.37. The molecule has 0 spiro atoms. The number of hydrogen-bond donors (Lipinski definition) is 1. The number of rotatable bonds is 5. The van der Waals surface area contributed by atoms with Crippen LogP contribution >= 0.6 is 0 Å². The van der Waals surface area contributed by atoms with Crippen molar-refractivity contribution in [2.24, 2.45) is 0 Å². The summed E-state index contributed by atoms with van der Waals surface area (Å²) in [5.74, 6) is 0.271. The molecule has 1 N–H and O–H groups in total. The Balaban J connectivity index is 1.77. The summed E-state index contributed by atoms with van der Waals surface area (Å²) in [5, 5.41) is 3.18. The number of sulfone groups is 1. The van der Waals surface area contributed by atoms with E-state index in [0.717, 1.165) is 11.8 Å². The van der Waals surface area contributed by atoms with Crippen LogP contribution in [0.25, 0.3) is 11.3 Å². The van der Waals surface area contributed by atoms with Crippen molar-refractivity contribution in [2.75, 3.05) is 11.6 Å². The summed E-state index contributed by atoms with van der Waals surface area (Å²) < 4.78 is 36.3. The SMILES string of the molecule is C[C@@H](Nc1cnc(-c2cncc(S(C)(=O)=O)c2)cn1)c1ccc(F)cc1. The highest BCUT2D eigenvalue weighted by molar-refractivity contribution is 7.90. The zero-order valence-corrected chi connectivity index (χ0v) is 15.0. The molecular formula is C18H17FN4O2S. The quantitative estimate of drug-likeness (QED) is 0.740. The Labute approximate surface area is 151 Å². The van der Waals surface area contributed by atoms with Gasteiger partial charge in [-0.1, -0.05) is 12.1 Å². The first-order valence-corrected chi connectivity index (χ1v) is 9.71. The van der Waals surface area contributed by atoms with Crippen molar-refractivity contribution in [3.63, 3.8) is 0 Å². The molecule has 8 heteroatoms. The van der Waals surface area contributed by atoms with Crippen LogP contribution < -0.4 is 5.32 Å². The van der Waals surface area contributed by atoms with E-state index >= 15 is 0 Å². The van der Waals surface area contributed by atoms with Gasteiger partial charge in [0.2, 0.25) is 0 Å². The molecule has 0 bridgehead atoms. The second-order valence-corrected chi connectivity index (χ2v) is 7.90. The van der Waals surface area contributed by atoms with E-state index in [0.29, 0.717) is 17.1 Å². The molecule has 0 amide bonds. The van der Waals surface area contributed by atoms with E-state index in [4.69, 9.17) is 0 Å². The van der Waals surface area contributed by atoms with Crippen molar-refractivity contribution < 1.29 is 12.8 Å². The number of hydrogen-bond acceptors (Lipinski definition) is 6. The van der Waals surface area contributed by atoms with Gasteiger partial charge in [0.25, 0.3) is 0 Å². The normalized spacial score (nSPS) is 12.6. The molecule has 2 aromatic heterocycles. The van der Waals surface area contributed by atoms with Crippen LogP contribution in [0.2, 0.25) is 0 Å². The molecule has 0 aliphatic heterocycles. The number of nitrogens with one attached hydrogen (secondary N) is 1. The van der Waals surface area contributed by atoms with Crippen LogP contribution in [0.5, 0.6) is 0 Å². The number of halogens is 1. The van der Waals surface area contributed by atoms with E-state index in [-0.39, 0.29) is 16.8 Å². The standard InChI is InChI=1S/C18H17FN4O2S/c1-12(13-3-5-15(19)6-4-13)23-18-11-21-17(10-22-18)14-7-16(9-20-8-14)26(2,24)25/h3-12H,1-2H3,(H,22,23)/t12-/m1/s1. The molecule has 0 saturated carbocycles. The van der Waals surface area contributed by atoms with Crippen LogP contribution in [0.1, 0.15) is 18.5 Å². The van der Waals surface area contributed by atoms with Gasteiger partial charge in [-0.25, -0.2) is 17.8 Å². The van der Waals surface area contributed by atoms with Crippen LogP contribution in [-0.4, -0.2) is 29.6 Å². The molecule has 26 heavy (non-hydrogen) atoms. The molecule has 134 valence electrons. The number of aromatic nitrogens is 3. The lowest BCUT2D eigenvalue weighted by molar-refractivity contribution is 0.601. The zero-order chi connectivity index (χ0) is 18.7. The van der Waals surface area contributed by atoms with Gasteiger partial charge in [-0.05, 0) is 30.7 Å². The van der Waals surface area contributed by atoms with Gasteiger partial charge in [-0.2, -0.15) is 0 Å². The third kappa shape index (κ3) is 4.20. The van der Waals surface area contributed by atoms with Crippen molar-refractivity contribution in [2.45, 2.75) is 17.9 Å². The van der Waals surface area contributed by atoms with Gasteiger partial charge < -0.3 is 5.32 Å². The lowest BCUT2D eigenvalue weighted by atomic mass is 10.1. The lowest BCUT2D eigenvalue weighted by Gasteiger charge is -2.14. The van der Waals surface area contributed by atoms with Gasteiger partial charge in [0.15, 0.2) is 9.84 Å². The molecule has 2 heterocycles.